The molecule has 0 fully saturated rings. The van der Waals surface area contributed by atoms with Gasteiger partial charge < -0.3 is 0 Å². The first-order valence-electron chi connectivity index (χ1n) is 4.07. The summed E-state index contributed by atoms with van der Waals surface area (Å²) >= 11 is 0. The maximum absolute atomic E-state index is 11.2. The molecule has 0 N–H and O–H groups in total. The predicted octanol–water partition coefficient (Wildman–Crippen LogP) is -0.368. The van der Waals surface area contributed by atoms with Gasteiger partial charge in [0, 0.05) is 39.8 Å². The van der Waals surface area contributed by atoms with E-state index in [9.17, 15) is 14.4 Å². The summed E-state index contributed by atoms with van der Waals surface area (Å²) in [7, 11) is 0. The van der Waals surface area contributed by atoms with Gasteiger partial charge in [0.1, 0.15) is 0 Å². The van der Waals surface area contributed by atoms with Crippen LogP contribution in [0.25, 0.3) is 22.3 Å². The van der Waals surface area contributed by atoms with E-state index >= 15 is 0 Å². The normalized spacial score (nSPS) is 14.8. The molecule has 3 heteroatoms. The van der Waals surface area contributed by atoms with Crippen LogP contribution in [0.3, 0.4) is 0 Å². The van der Waals surface area contributed by atoms with Crippen LogP contribution in [0.2, 0.25) is 0 Å². The van der Waals surface area contributed by atoms with Gasteiger partial charge in [0.2, 0.25) is 0 Å². The Kier molecular flexibility index (Phi) is 0.566. The van der Waals surface area contributed by atoms with E-state index < -0.39 is 0 Å². The number of rotatable bonds is 0. The Morgan fingerprint density at radius 2 is 1.08 bits per heavy atom. The van der Waals surface area contributed by atoms with Gasteiger partial charge in [-0.15, -0.1) is 0 Å². The van der Waals surface area contributed by atoms with Crippen LogP contribution < -0.4 is 16.3 Å². The third-order valence-electron chi connectivity index (χ3n) is 2.98. The fourth-order valence-corrected chi connectivity index (χ4v) is 2.10. The minimum atomic E-state index is -0.0867. The molecule has 3 nitrogen and oxygen atoms in total. The Morgan fingerprint density at radius 3 is 1.54 bits per heavy atom. The van der Waals surface area contributed by atoms with Crippen LogP contribution in [-0.4, -0.2) is 0 Å². The van der Waals surface area contributed by atoms with E-state index in [1.54, 1.807) is 0 Å². The molecule has 0 heterocycles. The standard InChI is InChI=1S/C10H2O3/c11-8-2-1-3-5(9(3)12)7-6(4(2)8)10(7)13/h1H2. The molecule has 4 rings (SSSR count). The Balaban J connectivity index is 2.14. The second-order valence-electron chi connectivity index (χ2n) is 3.62. The molecule has 1 aliphatic carbocycles. The fraction of sp³-hybridized carbons (Fsp3) is 0.100. The predicted molar refractivity (Wildman–Crippen MR) is 46.0 cm³/mol. The van der Waals surface area contributed by atoms with E-state index in [0.717, 1.165) is 0 Å². The van der Waals surface area contributed by atoms with Crippen molar-refractivity contribution < 1.29 is 0 Å². The largest absolute Gasteiger partial charge is 0.289 e. The first-order chi connectivity index (χ1) is 6.22. The summed E-state index contributed by atoms with van der Waals surface area (Å²) < 4.78 is 0. The molecule has 0 unspecified atom stereocenters. The molecule has 0 saturated carbocycles. The molecule has 0 aliphatic heterocycles. The first-order valence-corrected chi connectivity index (χ1v) is 4.07. The van der Waals surface area contributed by atoms with Crippen molar-refractivity contribution in [2.45, 2.75) is 6.42 Å². The quantitative estimate of drug-likeness (QED) is 0.362. The highest BCUT2D eigenvalue weighted by atomic mass is 16.1. The second kappa shape index (κ2) is 1.27. The molecular weight excluding hydrogens is 168 g/mol. The maximum atomic E-state index is 11.2. The monoisotopic (exact) mass is 170 g/mol. The van der Waals surface area contributed by atoms with Gasteiger partial charge in [-0.3, -0.25) is 14.4 Å². The second-order valence-corrected chi connectivity index (χ2v) is 3.62. The molecule has 0 radical (unpaired) electrons. The molecular formula is C10H2O3. The third-order valence-corrected chi connectivity index (χ3v) is 2.98. The molecule has 0 spiro atoms. The van der Waals surface area contributed by atoms with Crippen molar-refractivity contribution in [2.75, 3.05) is 0 Å². The summed E-state index contributed by atoms with van der Waals surface area (Å²) in [4.78, 5) is 33.5. The van der Waals surface area contributed by atoms with Crippen molar-refractivity contribution in [1.82, 2.24) is 0 Å². The van der Waals surface area contributed by atoms with Crippen molar-refractivity contribution in [1.29, 1.82) is 0 Å². The third kappa shape index (κ3) is 0.428. The lowest BCUT2D eigenvalue weighted by molar-refractivity contribution is 1.31. The zero-order chi connectivity index (χ0) is 8.90. The summed E-state index contributed by atoms with van der Waals surface area (Å²) in [6.45, 7) is 0. The molecule has 3 aromatic rings. The van der Waals surface area contributed by atoms with Gasteiger partial charge >= 0.3 is 0 Å². The smallest absolute Gasteiger partial charge is 0.196 e. The number of fused-ring (bicyclic) bond motifs is 5. The van der Waals surface area contributed by atoms with Gasteiger partial charge in [0.05, 0.1) is 0 Å². The van der Waals surface area contributed by atoms with Crippen molar-refractivity contribution in [3.05, 3.63) is 41.8 Å². The summed E-state index contributed by atoms with van der Waals surface area (Å²) in [5, 5.41) is 0. The van der Waals surface area contributed by atoms with Crippen LogP contribution in [0, 0.1) is 0 Å². The molecule has 1 aliphatic rings. The summed E-state index contributed by atoms with van der Waals surface area (Å²) in [6.07, 6.45) is 0.475. The number of hydrogen-bond donors (Lipinski definition) is 0. The van der Waals surface area contributed by atoms with Crippen LogP contribution in [0.4, 0.5) is 0 Å². The lowest BCUT2D eigenvalue weighted by atomic mass is 10.3. The van der Waals surface area contributed by atoms with Gasteiger partial charge in [-0.2, -0.15) is 0 Å². The topological polar surface area (TPSA) is 51.2 Å². The molecule has 0 amide bonds. The molecule has 0 atom stereocenters. The Bertz CT molecular complexity index is 656. The summed E-state index contributed by atoms with van der Waals surface area (Å²) in [5.74, 6) is 0. The molecule has 0 aromatic heterocycles. The van der Waals surface area contributed by atoms with Gasteiger partial charge in [-0.25, -0.2) is 0 Å². The van der Waals surface area contributed by atoms with E-state index in [1.165, 1.54) is 0 Å². The van der Waals surface area contributed by atoms with Gasteiger partial charge in [-0.05, 0) is 0 Å². The zero-order valence-corrected chi connectivity index (χ0v) is 6.43. The van der Waals surface area contributed by atoms with Crippen molar-refractivity contribution >= 4 is 0 Å². The molecule has 0 bridgehead atoms. The van der Waals surface area contributed by atoms with Crippen LogP contribution in [0.5, 0.6) is 0 Å². The minimum absolute atomic E-state index is 0.00963. The van der Waals surface area contributed by atoms with Crippen molar-refractivity contribution in [3.63, 3.8) is 0 Å². The van der Waals surface area contributed by atoms with Gasteiger partial charge in [-0.1, -0.05) is 0 Å². The van der Waals surface area contributed by atoms with Crippen LogP contribution >= 0.6 is 0 Å². The fourth-order valence-electron chi connectivity index (χ4n) is 2.10. The Labute approximate surface area is 71.3 Å². The highest BCUT2D eigenvalue weighted by Gasteiger charge is 2.45. The maximum Gasteiger partial charge on any atom is 0.196 e. The highest BCUT2D eigenvalue weighted by Crippen LogP contribution is 2.44. The number of hydrogen-bond acceptors (Lipinski definition) is 3. The van der Waals surface area contributed by atoms with E-state index in [0.29, 0.717) is 39.8 Å². The van der Waals surface area contributed by atoms with Gasteiger partial charge in [0.15, 0.2) is 16.3 Å². The minimum Gasteiger partial charge on any atom is -0.289 e. The van der Waals surface area contributed by atoms with E-state index in [-0.39, 0.29) is 16.3 Å². The van der Waals surface area contributed by atoms with Crippen LogP contribution in [0.15, 0.2) is 14.4 Å². The lowest BCUT2D eigenvalue weighted by Gasteiger charge is -1.74. The van der Waals surface area contributed by atoms with Gasteiger partial charge in [0.25, 0.3) is 0 Å². The highest BCUT2D eigenvalue weighted by molar-refractivity contribution is 6.04. The van der Waals surface area contributed by atoms with E-state index in [4.69, 9.17) is 0 Å². The first kappa shape index (κ1) is 5.80. The van der Waals surface area contributed by atoms with Crippen molar-refractivity contribution in [3.8, 4) is 22.3 Å². The van der Waals surface area contributed by atoms with Crippen LogP contribution in [-0.2, 0) is 6.42 Å². The Hall–Kier alpha value is -1.77. The molecule has 3 aromatic carbocycles. The lowest BCUT2D eigenvalue weighted by Crippen LogP contribution is -1.84. The molecule has 0 saturated heterocycles. The zero-order valence-electron chi connectivity index (χ0n) is 6.43. The summed E-state index contributed by atoms with van der Waals surface area (Å²) in [5.41, 5.74) is 3.57. The van der Waals surface area contributed by atoms with Crippen molar-refractivity contribution in [2.24, 2.45) is 0 Å². The summed E-state index contributed by atoms with van der Waals surface area (Å²) in [6, 6.07) is 0. The molecule has 13 heavy (non-hydrogen) atoms. The van der Waals surface area contributed by atoms with E-state index in [2.05, 4.69) is 0 Å². The molecule has 60 valence electrons. The van der Waals surface area contributed by atoms with E-state index in [1.807, 2.05) is 0 Å². The average Bonchev–Trinajstić information content (AvgIpc) is 2.96. The Morgan fingerprint density at radius 1 is 0.615 bits per heavy atom. The average molecular weight is 170 g/mol. The van der Waals surface area contributed by atoms with Crippen LogP contribution in [0.1, 0.15) is 11.1 Å². The SMILES string of the molecule is O=c1c2c1-c1c(c1=O)-c1c(c1=O)C2.